The Morgan fingerprint density at radius 3 is 2.52 bits per heavy atom. The Bertz CT molecular complexity index is 916. The van der Waals surface area contributed by atoms with Gasteiger partial charge in [0.25, 0.3) is 11.5 Å². The summed E-state index contributed by atoms with van der Waals surface area (Å²) in [7, 11) is 0. The Balaban J connectivity index is 2.05. The molecule has 0 aliphatic heterocycles. The Morgan fingerprint density at radius 1 is 1.13 bits per heavy atom. The van der Waals surface area contributed by atoms with Crippen molar-refractivity contribution in [1.29, 1.82) is 0 Å². The van der Waals surface area contributed by atoms with E-state index in [-0.39, 0.29) is 11.4 Å². The van der Waals surface area contributed by atoms with Gasteiger partial charge in [0, 0.05) is 17.7 Å². The largest absolute Gasteiger partial charge is 0.321 e. The smallest absolute Gasteiger partial charge is 0.263 e. The Hall–Kier alpha value is -2.95. The van der Waals surface area contributed by atoms with Crippen molar-refractivity contribution in [2.45, 2.75) is 6.92 Å². The van der Waals surface area contributed by atoms with Gasteiger partial charge in [-0.05, 0) is 48.7 Å². The van der Waals surface area contributed by atoms with Crippen LogP contribution in [-0.4, -0.2) is 17.4 Å². The number of rotatable bonds is 3. The lowest BCUT2D eigenvalue weighted by molar-refractivity contribution is 0.0987. The summed E-state index contributed by atoms with van der Waals surface area (Å²) >= 11 is 0. The van der Waals surface area contributed by atoms with Gasteiger partial charge in [-0.1, -0.05) is 18.2 Å². The summed E-state index contributed by atoms with van der Waals surface area (Å²) in [5.74, 6) is -0.785. The zero-order valence-electron chi connectivity index (χ0n) is 12.5. The van der Waals surface area contributed by atoms with E-state index in [2.05, 4.69) is 4.98 Å². The highest BCUT2D eigenvalue weighted by Crippen LogP contribution is 2.18. The van der Waals surface area contributed by atoms with Gasteiger partial charge in [-0.15, -0.1) is 0 Å². The molecule has 1 heterocycles. The fraction of sp³-hybridized carbons (Fsp3) is 0.111. The van der Waals surface area contributed by atoms with Gasteiger partial charge in [0.05, 0.1) is 0 Å². The standard InChI is InChI=1S/C18H15FN2O2/c1-2-21(14-9-7-13(19)8-10-14)18(23)15-11-12-5-3-4-6-16(12)20-17(15)22/h3-11H,2H2,1H3,(H,20,22). The molecule has 0 saturated heterocycles. The number of nitrogens with one attached hydrogen (secondary N) is 1. The fourth-order valence-corrected chi connectivity index (χ4v) is 2.52. The number of hydrogen-bond donors (Lipinski definition) is 1. The maximum Gasteiger partial charge on any atom is 0.263 e. The number of carbonyl (C=O) groups is 1. The highest BCUT2D eigenvalue weighted by molar-refractivity contribution is 6.07. The van der Waals surface area contributed by atoms with Gasteiger partial charge in [0.1, 0.15) is 11.4 Å². The zero-order chi connectivity index (χ0) is 16.4. The van der Waals surface area contributed by atoms with Crippen molar-refractivity contribution in [3.8, 4) is 0 Å². The molecule has 23 heavy (non-hydrogen) atoms. The summed E-state index contributed by atoms with van der Waals surface area (Å²) in [6, 6.07) is 14.5. The van der Waals surface area contributed by atoms with E-state index < -0.39 is 11.5 Å². The van der Waals surface area contributed by atoms with Crippen molar-refractivity contribution in [2.24, 2.45) is 0 Å². The monoisotopic (exact) mass is 310 g/mol. The lowest BCUT2D eigenvalue weighted by Gasteiger charge is -2.20. The van der Waals surface area contributed by atoms with E-state index in [1.807, 2.05) is 18.2 Å². The SMILES string of the molecule is CCN(C(=O)c1cc2ccccc2[nH]c1=O)c1ccc(F)cc1. The molecule has 1 aromatic heterocycles. The van der Waals surface area contributed by atoms with Crippen LogP contribution in [0, 0.1) is 5.82 Å². The zero-order valence-corrected chi connectivity index (χ0v) is 12.5. The molecule has 0 fully saturated rings. The van der Waals surface area contributed by atoms with E-state index >= 15 is 0 Å². The Labute approximate surface area is 132 Å². The molecule has 116 valence electrons. The number of fused-ring (bicyclic) bond motifs is 1. The van der Waals surface area contributed by atoms with Gasteiger partial charge in [-0.3, -0.25) is 9.59 Å². The van der Waals surface area contributed by atoms with Crippen LogP contribution in [0.4, 0.5) is 10.1 Å². The molecule has 5 heteroatoms. The first-order valence-corrected chi connectivity index (χ1v) is 7.29. The summed E-state index contributed by atoms with van der Waals surface area (Å²) in [6.07, 6.45) is 0. The van der Waals surface area contributed by atoms with E-state index in [9.17, 15) is 14.0 Å². The molecule has 0 bridgehead atoms. The van der Waals surface area contributed by atoms with E-state index in [4.69, 9.17) is 0 Å². The molecule has 0 aliphatic carbocycles. The van der Waals surface area contributed by atoms with Crippen LogP contribution in [0.1, 0.15) is 17.3 Å². The van der Waals surface area contributed by atoms with Crippen LogP contribution >= 0.6 is 0 Å². The second kappa shape index (κ2) is 6.04. The molecule has 0 radical (unpaired) electrons. The minimum Gasteiger partial charge on any atom is -0.321 e. The van der Waals surface area contributed by atoms with Crippen LogP contribution in [0.2, 0.25) is 0 Å². The molecular weight excluding hydrogens is 295 g/mol. The number of anilines is 1. The summed E-state index contributed by atoms with van der Waals surface area (Å²) in [6.45, 7) is 2.17. The highest BCUT2D eigenvalue weighted by atomic mass is 19.1. The third-order valence-corrected chi connectivity index (χ3v) is 3.68. The summed E-state index contributed by atoms with van der Waals surface area (Å²) in [5, 5.41) is 0.783. The van der Waals surface area contributed by atoms with Crippen molar-refractivity contribution in [3.05, 3.63) is 76.3 Å². The number of aromatic amines is 1. The molecule has 2 aromatic carbocycles. The first-order valence-electron chi connectivity index (χ1n) is 7.29. The number of nitrogens with zero attached hydrogens (tertiary/aromatic N) is 1. The van der Waals surface area contributed by atoms with Gasteiger partial charge < -0.3 is 9.88 Å². The van der Waals surface area contributed by atoms with Crippen LogP contribution in [-0.2, 0) is 0 Å². The van der Waals surface area contributed by atoms with Crippen molar-refractivity contribution in [2.75, 3.05) is 11.4 Å². The molecule has 0 spiro atoms. The summed E-state index contributed by atoms with van der Waals surface area (Å²) in [5.41, 5.74) is 0.856. The predicted octanol–water partition coefficient (Wildman–Crippen LogP) is 3.33. The minimum atomic E-state index is -0.436. The maximum atomic E-state index is 13.1. The van der Waals surface area contributed by atoms with Crippen LogP contribution in [0.25, 0.3) is 10.9 Å². The maximum absolute atomic E-state index is 13.1. The number of H-pyrrole nitrogens is 1. The van der Waals surface area contributed by atoms with Gasteiger partial charge in [-0.2, -0.15) is 0 Å². The van der Waals surface area contributed by atoms with E-state index in [0.717, 1.165) is 5.39 Å². The van der Waals surface area contributed by atoms with Gasteiger partial charge in [0.15, 0.2) is 0 Å². The number of halogens is 1. The third kappa shape index (κ3) is 2.85. The Kier molecular flexibility index (Phi) is 3.93. The van der Waals surface area contributed by atoms with Crippen molar-refractivity contribution in [3.63, 3.8) is 0 Å². The highest BCUT2D eigenvalue weighted by Gasteiger charge is 2.19. The quantitative estimate of drug-likeness (QED) is 0.806. The molecule has 1 amide bonds. The van der Waals surface area contributed by atoms with Crippen LogP contribution in [0.5, 0.6) is 0 Å². The van der Waals surface area contributed by atoms with Crippen molar-refractivity contribution < 1.29 is 9.18 Å². The van der Waals surface area contributed by atoms with Gasteiger partial charge >= 0.3 is 0 Å². The second-order valence-electron chi connectivity index (χ2n) is 5.13. The number of carbonyl (C=O) groups excluding carboxylic acids is 1. The number of hydrogen-bond acceptors (Lipinski definition) is 2. The summed E-state index contributed by atoms with van der Waals surface area (Å²) < 4.78 is 13.1. The molecule has 0 aliphatic rings. The van der Waals surface area contributed by atoms with Crippen molar-refractivity contribution >= 4 is 22.5 Å². The number of benzene rings is 2. The van der Waals surface area contributed by atoms with E-state index in [1.165, 1.54) is 29.2 Å². The van der Waals surface area contributed by atoms with Gasteiger partial charge in [-0.25, -0.2) is 4.39 Å². The molecule has 3 aromatic rings. The van der Waals surface area contributed by atoms with Crippen LogP contribution in [0.3, 0.4) is 0 Å². The minimum absolute atomic E-state index is 0.0647. The molecule has 0 unspecified atom stereocenters. The fourth-order valence-electron chi connectivity index (χ4n) is 2.52. The lowest BCUT2D eigenvalue weighted by atomic mass is 10.1. The predicted molar refractivity (Wildman–Crippen MR) is 88.3 cm³/mol. The third-order valence-electron chi connectivity index (χ3n) is 3.68. The number of pyridine rings is 1. The average molecular weight is 310 g/mol. The van der Waals surface area contributed by atoms with Crippen molar-refractivity contribution in [1.82, 2.24) is 4.98 Å². The molecule has 0 atom stereocenters. The van der Waals surface area contributed by atoms with Gasteiger partial charge in [0.2, 0.25) is 0 Å². The topological polar surface area (TPSA) is 53.2 Å². The first kappa shape index (κ1) is 15.0. The molecule has 3 rings (SSSR count). The van der Waals surface area contributed by atoms with E-state index in [0.29, 0.717) is 17.7 Å². The molecular formula is C18H15FN2O2. The van der Waals surface area contributed by atoms with Crippen LogP contribution in [0.15, 0.2) is 59.4 Å². The molecule has 1 N–H and O–H groups in total. The normalized spacial score (nSPS) is 10.7. The average Bonchev–Trinajstić information content (AvgIpc) is 2.56. The molecule has 0 saturated carbocycles. The number of amides is 1. The number of aromatic nitrogens is 1. The Morgan fingerprint density at radius 2 is 1.83 bits per heavy atom. The first-order chi connectivity index (χ1) is 11.1. The summed E-state index contributed by atoms with van der Waals surface area (Å²) in [4.78, 5) is 29.1. The van der Waals surface area contributed by atoms with Crippen LogP contribution < -0.4 is 10.5 Å². The second-order valence-corrected chi connectivity index (χ2v) is 5.13. The molecule has 4 nitrogen and oxygen atoms in total. The van der Waals surface area contributed by atoms with E-state index in [1.54, 1.807) is 19.1 Å². The lowest BCUT2D eigenvalue weighted by Crippen LogP contribution is -2.34. The number of para-hydroxylation sites is 1.